The first-order valence-electron chi connectivity index (χ1n) is 4.90. The largest absolute Gasteiger partial charge is 0.507 e. The number of rotatable bonds is 3. The third kappa shape index (κ3) is 2.48. The van der Waals surface area contributed by atoms with Crippen LogP contribution in [0, 0.1) is 11.3 Å². The van der Waals surface area contributed by atoms with Crippen molar-refractivity contribution in [2.24, 2.45) is 5.92 Å². The van der Waals surface area contributed by atoms with Crippen molar-refractivity contribution < 1.29 is 15.0 Å². The van der Waals surface area contributed by atoms with E-state index in [2.05, 4.69) is 4.98 Å². The zero-order valence-electron chi connectivity index (χ0n) is 9.14. The Labute approximate surface area is 93.0 Å². The Balaban J connectivity index is 3.32. The minimum atomic E-state index is -1.24. The van der Waals surface area contributed by atoms with Gasteiger partial charge in [0.15, 0.2) is 4.98 Å². The standard InChI is InChI=1S/C11H12N2O3/c1-6(2)3-7-4-8(13-12)5-9(10(7)14)11(15)16/h4-6H,3H2,1-2H3,(H-,14,15,16)/p+1. The molecule has 1 rings (SSSR count). The molecule has 0 amide bonds. The molecular weight excluding hydrogens is 208 g/mol. The second-order valence-electron chi connectivity index (χ2n) is 4.00. The van der Waals surface area contributed by atoms with Gasteiger partial charge in [0.2, 0.25) is 5.39 Å². The Kier molecular flexibility index (Phi) is 3.46. The zero-order valence-corrected chi connectivity index (χ0v) is 9.14. The van der Waals surface area contributed by atoms with Crippen molar-refractivity contribution >= 4 is 11.7 Å². The third-order valence-electron chi connectivity index (χ3n) is 2.15. The highest BCUT2D eigenvalue weighted by Gasteiger charge is 2.20. The summed E-state index contributed by atoms with van der Waals surface area (Å²) in [6.07, 6.45) is 0.523. The topological polar surface area (TPSA) is 85.7 Å². The molecule has 0 aliphatic rings. The highest BCUT2D eigenvalue weighted by molar-refractivity contribution is 5.92. The zero-order chi connectivity index (χ0) is 12.3. The van der Waals surface area contributed by atoms with Gasteiger partial charge in [-0.05, 0) is 12.3 Å². The number of benzene rings is 1. The van der Waals surface area contributed by atoms with E-state index in [0.29, 0.717) is 12.0 Å². The Bertz CT molecular complexity index is 461. The lowest BCUT2D eigenvalue weighted by Gasteiger charge is -2.07. The third-order valence-corrected chi connectivity index (χ3v) is 2.15. The molecule has 5 nitrogen and oxygen atoms in total. The fourth-order valence-electron chi connectivity index (χ4n) is 1.49. The summed E-state index contributed by atoms with van der Waals surface area (Å²) in [7, 11) is 0. The molecule has 0 saturated heterocycles. The number of carboxylic acid groups (broad SMARTS) is 1. The lowest BCUT2D eigenvalue weighted by molar-refractivity contribution is 0.0693. The number of aromatic carboxylic acids is 1. The summed E-state index contributed by atoms with van der Waals surface area (Å²) in [6, 6.07) is 2.60. The number of nitrogens with zero attached hydrogens (tertiary/aromatic N) is 2. The second-order valence-corrected chi connectivity index (χ2v) is 4.00. The monoisotopic (exact) mass is 221 g/mol. The van der Waals surface area contributed by atoms with Crippen molar-refractivity contribution in [2.45, 2.75) is 20.3 Å². The summed E-state index contributed by atoms with van der Waals surface area (Å²) >= 11 is 0. The predicted octanol–water partition coefficient (Wildman–Crippen LogP) is 2.77. The van der Waals surface area contributed by atoms with E-state index in [0.717, 1.165) is 6.07 Å². The van der Waals surface area contributed by atoms with Crippen LogP contribution in [0.15, 0.2) is 12.1 Å². The summed E-state index contributed by atoms with van der Waals surface area (Å²) < 4.78 is 0. The number of hydrogen-bond donors (Lipinski definition) is 2. The molecule has 0 aliphatic heterocycles. The van der Waals surface area contributed by atoms with E-state index in [9.17, 15) is 9.90 Å². The quantitative estimate of drug-likeness (QED) is 0.768. The molecule has 0 saturated carbocycles. The minimum absolute atomic E-state index is 0.130. The number of phenols is 1. The van der Waals surface area contributed by atoms with Crippen LogP contribution >= 0.6 is 0 Å². The van der Waals surface area contributed by atoms with Crippen LogP contribution in [0.4, 0.5) is 5.69 Å². The van der Waals surface area contributed by atoms with Gasteiger partial charge >= 0.3 is 11.7 Å². The molecule has 0 spiro atoms. The number of hydrogen-bond acceptors (Lipinski definition) is 3. The van der Waals surface area contributed by atoms with Gasteiger partial charge in [0.25, 0.3) is 0 Å². The molecule has 0 fully saturated rings. The SMILES string of the molecule is CC(C)Cc1cc([N+]#N)cc(C(=O)O)c1O. The molecule has 1 aromatic carbocycles. The predicted molar refractivity (Wildman–Crippen MR) is 58.4 cm³/mol. The average molecular weight is 221 g/mol. The maximum absolute atomic E-state index is 10.8. The highest BCUT2D eigenvalue weighted by Crippen LogP contribution is 2.30. The van der Waals surface area contributed by atoms with E-state index in [4.69, 9.17) is 10.5 Å². The summed E-state index contributed by atoms with van der Waals surface area (Å²) in [5, 5.41) is 27.2. The van der Waals surface area contributed by atoms with Crippen LogP contribution in [0.3, 0.4) is 0 Å². The molecule has 1 aromatic rings. The van der Waals surface area contributed by atoms with Crippen molar-refractivity contribution in [1.82, 2.24) is 0 Å². The van der Waals surface area contributed by atoms with E-state index in [1.165, 1.54) is 6.07 Å². The first-order chi connectivity index (χ1) is 7.45. The van der Waals surface area contributed by atoms with Crippen molar-refractivity contribution in [3.63, 3.8) is 0 Å². The van der Waals surface area contributed by atoms with Gasteiger partial charge in [-0.2, -0.15) is 0 Å². The molecule has 0 heterocycles. The van der Waals surface area contributed by atoms with Gasteiger partial charge in [0, 0.05) is 11.6 Å². The van der Waals surface area contributed by atoms with Crippen LogP contribution in [-0.2, 0) is 6.42 Å². The number of carbonyl (C=O) groups is 1. The van der Waals surface area contributed by atoms with Crippen LogP contribution in [0.2, 0.25) is 0 Å². The normalized spacial score (nSPS) is 10.1. The Morgan fingerprint density at radius 2 is 2.12 bits per heavy atom. The van der Waals surface area contributed by atoms with Crippen LogP contribution in [0.1, 0.15) is 29.8 Å². The number of aromatic hydroxyl groups is 1. The maximum Gasteiger partial charge on any atom is 0.386 e. The number of carboxylic acids is 1. The molecule has 0 bridgehead atoms. The number of diazo groups is 1. The lowest BCUT2D eigenvalue weighted by Crippen LogP contribution is -2.01. The van der Waals surface area contributed by atoms with E-state index in [1.54, 1.807) is 0 Å². The van der Waals surface area contributed by atoms with Gasteiger partial charge < -0.3 is 10.2 Å². The Morgan fingerprint density at radius 3 is 2.56 bits per heavy atom. The molecule has 0 unspecified atom stereocenters. The fraction of sp³-hybridized carbons (Fsp3) is 0.364. The van der Waals surface area contributed by atoms with Gasteiger partial charge in [-0.15, -0.1) is 0 Å². The van der Waals surface area contributed by atoms with Crippen LogP contribution in [0.25, 0.3) is 4.98 Å². The van der Waals surface area contributed by atoms with Crippen molar-refractivity contribution in [3.8, 4) is 5.75 Å². The van der Waals surface area contributed by atoms with Gasteiger partial charge in [0.05, 0.1) is 6.07 Å². The molecule has 0 radical (unpaired) electrons. The first kappa shape index (κ1) is 12.0. The molecule has 84 valence electrons. The molecule has 16 heavy (non-hydrogen) atoms. The van der Waals surface area contributed by atoms with Crippen molar-refractivity contribution in [2.75, 3.05) is 0 Å². The lowest BCUT2D eigenvalue weighted by atomic mass is 9.99. The van der Waals surface area contributed by atoms with Crippen LogP contribution in [-0.4, -0.2) is 16.2 Å². The van der Waals surface area contributed by atoms with E-state index < -0.39 is 5.97 Å². The van der Waals surface area contributed by atoms with Gasteiger partial charge in [-0.25, -0.2) is 4.79 Å². The summed E-state index contributed by atoms with van der Waals surface area (Å²) in [5.41, 5.74) is 0.361. The van der Waals surface area contributed by atoms with E-state index >= 15 is 0 Å². The molecule has 0 atom stereocenters. The van der Waals surface area contributed by atoms with Crippen LogP contribution in [0.5, 0.6) is 5.75 Å². The Hall–Kier alpha value is -2.09. The molecule has 0 aromatic heterocycles. The van der Waals surface area contributed by atoms with Crippen LogP contribution < -0.4 is 0 Å². The maximum atomic E-state index is 10.8. The van der Waals surface area contributed by atoms with Crippen molar-refractivity contribution in [3.05, 3.63) is 28.2 Å². The van der Waals surface area contributed by atoms with Crippen molar-refractivity contribution in [1.29, 1.82) is 5.39 Å². The molecule has 0 aliphatic carbocycles. The summed E-state index contributed by atoms with van der Waals surface area (Å²) in [4.78, 5) is 13.8. The van der Waals surface area contributed by atoms with E-state index in [1.807, 2.05) is 13.8 Å². The smallest absolute Gasteiger partial charge is 0.386 e. The first-order valence-corrected chi connectivity index (χ1v) is 4.90. The second kappa shape index (κ2) is 4.62. The summed E-state index contributed by atoms with van der Waals surface area (Å²) in [6.45, 7) is 3.89. The van der Waals surface area contributed by atoms with E-state index in [-0.39, 0.29) is 22.9 Å². The van der Waals surface area contributed by atoms with Gasteiger partial charge in [0.1, 0.15) is 11.3 Å². The molecular formula is C11H13N2O3+. The highest BCUT2D eigenvalue weighted by atomic mass is 16.4. The average Bonchev–Trinajstić information content (AvgIpc) is 2.19. The van der Waals surface area contributed by atoms with Gasteiger partial charge in [-0.3, -0.25) is 0 Å². The Morgan fingerprint density at radius 1 is 1.50 bits per heavy atom. The molecule has 2 N–H and O–H groups in total. The minimum Gasteiger partial charge on any atom is -0.507 e. The summed E-state index contributed by atoms with van der Waals surface area (Å²) in [5.74, 6) is -1.23. The molecule has 5 heteroatoms. The van der Waals surface area contributed by atoms with Gasteiger partial charge in [-0.1, -0.05) is 13.8 Å². The fourth-order valence-corrected chi connectivity index (χ4v) is 1.49.